The van der Waals surface area contributed by atoms with E-state index < -0.39 is 0 Å². The number of aryl methyl sites for hydroxylation is 2. The van der Waals surface area contributed by atoms with Crippen molar-refractivity contribution in [3.05, 3.63) is 52.8 Å². The smallest absolute Gasteiger partial charge is 0.220 e. The monoisotopic (exact) mass is 329 g/mol. The Kier molecular flexibility index (Phi) is 4.62. The van der Waals surface area contributed by atoms with Crippen LogP contribution < -0.4 is 10.1 Å². The summed E-state index contributed by atoms with van der Waals surface area (Å²) in [6.45, 7) is 2.51. The van der Waals surface area contributed by atoms with Crippen LogP contribution in [0.5, 0.6) is 5.75 Å². The zero-order chi connectivity index (χ0) is 16.2. The van der Waals surface area contributed by atoms with Gasteiger partial charge in [0, 0.05) is 23.7 Å². The van der Waals surface area contributed by atoms with Crippen molar-refractivity contribution >= 4 is 22.2 Å². The van der Waals surface area contributed by atoms with Gasteiger partial charge in [-0.1, -0.05) is 12.1 Å². The minimum atomic E-state index is 0.0360. The van der Waals surface area contributed by atoms with E-state index in [1.807, 2.05) is 41.8 Å². The first kappa shape index (κ1) is 15.6. The number of aromatic nitrogens is 2. The molecular weight excluding hydrogens is 310 g/mol. The first-order valence-corrected chi connectivity index (χ1v) is 8.35. The first-order chi connectivity index (χ1) is 11.2. The van der Waals surface area contributed by atoms with E-state index >= 15 is 0 Å². The van der Waals surface area contributed by atoms with Crippen LogP contribution in [0.1, 0.15) is 23.4 Å². The van der Waals surface area contributed by atoms with Crippen molar-refractivity contribution in [2.75, 3.05) is 7.11 Å². The second-order valence-electron chi connectivity index (χ2n) is 5.39. The summed E-state index contributed by atoms with van der Waals surface area (Å²) in [6, 6.07) is 7.79. The average molecular weight is 329 g/mol. The Hall–Kier alpha value is -2.34. The third kappa shape index (κ3) is 3.71. The fourth-order valence-electron chi connectivity index (χ4n) is 2.35. The number of thiazole rings is 1. The van der Waals surface area contributed by atoms with Crippen LogP contribution in [0.25, 0.3) is 4.96 Å². The molecule has 1 amide bonds. The topological polar surface area (TPSA) is 55.6 Å². The zero-order valence-corrected chi connectivity index (χ0v) is 14.0. The number of imidazole rings is 1. The van der Waals surface area contributed by atoms with Crippen LogP contribution in [0.2, 0.25) is 0 Å². The number of ether oxygens (including phenoxy) is 1. The predicted octanol–water partition coefficient (Wildman–Crippen LogP) is 2.96. The summed E-state index contributed by atoms with van der Waals surface area (Å²) < 4.78 is 7.17. The molecule has 0 radical (unpaired) electrons. The minimum absolute atomic E-state index is 0.0360. The standard InChI is InChI=1S/C17H19N3O2S/c1-12-11-23-17-19-14(10-20(12)17)9-18-16(21)8-5-13-3-6-15(22-2)7-4-13/h3-4,6-7,10-11H,5,8-9H2,1-2H3,(H,18,21). The molecule has 120 valence electrons. The molecule has 0 aliphatic heterocycles. The number of carbonyl (C=O) groups is 1. The molecule has 3 aromatic rings. The van der Waals surface area contributed by atoms with Gasteiger partial charge in [-0.2, -0.15) is 0 Å². The van der Waals surface area contributed by atoms with Crippen molar-refractivity contribution in [1.82, 2.24) is 14.7 Å². The third-order valence-corrected chi connectivity index (χ3v) is 4.66. The van der Waals surface area contributed by atoms with E-state index in [-0.39, 0.29) is 5.91 Å². The number of methoxy groups -OCH3 is 1. The van der Waals surface area contributed by atoms with Crippen LogP contribution in [0.4, 0.5) is 0 Å². The quantitative estimate of drug-likeness (QED) is 0.756. The summed E-state index contributed by atoms with van der Waals surface area (Å²) in [7, 11) is 1.64. The molecule has 2 aromatic heterocycles. The molecule has 0 unspecified atom stereocenters. The van der Waals surface area contributed by atoms with Crippen molar-refractivity contribution in [2.45, 2.75) is 26.3 Å². The molecule has 3 rings (SSSR count). The lowest BCUT2D eigenvalue weighted by Gasteiger charge is -2.05. The van der Waals surface area contributed by atoms with E-state index in [2.05, 4.69) is 15.7 Å². The van der Waals surface area contributed by atoms with Crippen LogP contribution in [0.15, 0.2) is 35.8 Å². The Morgan fingerprint density at radius 3 is 2.83 bits per heavy atom. The highest BCUT2D eigenvalue weighted by atomic mass is 32.1. The summed E-state index contributed by atoms with van der Waals surface area (Å²) in [4.78, 5) is 17.4. The van der Waals surface area contributed by atoms with E-state index in [1.165, 1.54) is 0 Å². The molecular formula is C17H19N3O2S. The first-order valence-electron chi connectivity index (χ1n) is 7.47. The number of carbonyl (C=O) groups excluding carboxylic acids is 1. The number of rotatable bonds is 6. The van der Waals surface area contributed by atoms with Crippen LogP contribution in [-0.4, -0.2) is 22.4 Å². The second-order valence-corrected chi connectivity index (χ2v) is 6.22. The molecule has 6 heteroatoms. The van der Waals surface area contributed by atoms with Crippen molar-refractivity contribution in [2.24, 2.45) is 0 Å². The molecule has 0 saturated heterocycles. The van der Waals surface area contributed by atoms with Crippen molar-refractivity contribution in [3.8, 4) is 5.75 Å². The van der Waals surface area contributed by atoms with Gasteiger partial charge in [0.25, 0.3) is 0 Å². The number of hydrogen-bond acceptors (Lipinski definition) is 4. The normalized spacial score (nSPS) is 10.9. The highest BCUT2D eigenvalue weighted by Gasteiger charge is 2.07. The lowest BCUT2D eigenvalue weighted by molar-refractivity contribution is -0.121. The number of amides is 1. The molecule has 0 aliphatic rings. The fourth-order valence-corrected chi connectivity index (χ4v) is 3.22. The van der Waals surface area contributed by atoms with Crippen molar-refractivity contribution in [1.29, 1.82) is 0 Å². The van der Waals surface area contributed by atoms with E-state index in [9.17, 15) is 4.79 Å². The van der Waals surface area contributed by atoms with Gasteiger partial charge >= 0.3 is 0 Å². The molecule has 2 heterocycles. The van der Waals surface area contributed by atoms with Gasteiger partial charge in [-0.25, -0.2) is 4.98 Å². The van der Waals surface area contributed by atoms with Gasteiger partial charge in [-0.05, 0) is 31.0 Å². The van der Waals surface area contributed by atoms with Gasteiger partial charge in [0.05, 0.1) is 19.3 Å². The summed E-state index contributed by atoms with van der Waals surface area (Å²) >= 11 is 1.61. The molecule has 0 fully saturated rings. The third-order valence-electron chi connectivity index (χ3n) is 3.70. The second kappa shape index (κ2) is 6.83. The minimum Gasteiger partial charge on any atom is -0.497 e. The van der Waals surface area contributed by atoms with Crippen molar-refractivity contribution < 1.29 is 9.53 Å². The van der Waals surface area contributed by atoms with E-state index in [4.69, 9.17) is 4.74 Å². The van der Waals surface area contributed by atoms with Gasteiger partial charge in [0.15, 0.2) is 4.96 Å². The maximum absolute atomic E-state index is 12.0. The van der Waals surface area contributed by atoms with Crippen LogP contribution in [-0.2, 0) is 17.8 Å². The lowest BCUT2D eigenvalue weighted by atomic mass is 10.1. The summed E-state index contributed by atoms with van der Waals surface area (Å²) in [6.07, 6.45) is 3.16. The number of nitrogens with one attached hydrogen (secondary N) is 1. The SMILES string of the molecule is COc1ccc(CCC(=O)NCc2cn3c(C)csc3n2)cc1. The van der Waals surface area contributed by atoms with E-state index in [0.29, 0.717) is 19.4 Å². The molecule has 0 bridgehead atoms. The Balaban J connectivity index is 1.48. The number of nitrogens with zero attached hydrogens (tertiary/aromatic N) is 2. The summed E-state index contributed by atoms with van der Waals surface area (Å²) in [5, 5.41) is 5.00. The van der Waals surface area contributed by atoms with Crippen molar-refractivity contribution in [3.63, 3.8) is 0 Å². The summed E-state index contributed by atoms with van der Waals surface area (Å²) in [5.74, 6) is 0.863. The molecule has 5 nitrogen and oxygen atoms in total. The molecule has 23 heavy (non-hydrogen) atoms. The van der Waals surface area contributed by atoms with Gasteiger partial charge < -0.3 is 10.1 Å². The largest absolute Gasteiger partial charge is 0.497 e. The molecule has 0 aliphatic carbocycles. The molecule has 1 aromatic carbocycles. The molecule has 0 saturated carbocycles. The molecule has 1 N–H and O–H groups in total. The van der Waals surface area contributed by atoms with E-state index in [1.54, 1.807) is 18.4 Å². The zero-order valence-electron chi connectivity index (χ0n) is 13.2. The van der Waals surface area contributed by atoms with Crippen LogP contribution in [0, 0.1) is 6.92 Å². The number of fused-ring (bicyclic) bond motifs is 1. The molecule has 0 spiro atoms. The Morgan fingerprint density at radius 1 is 1.35 bits per heavy atom. The maximum atomic E-state index is 12.0. The van der Waals surface area contributed by atoms with Gasteiger partial charge in [-0.15, -0.1) is 11.3 Å². The van der Waals surface area contributed by atoms with Crippen LogP contribution >= 0.6 is 11.3 Å². The summed E-state index contributed by atoms with van der Waals surface area (Å²) in [5.41, 5.74) is 3.17. The van der Waals surface area contributed by atoms with Gasteiger partial charge in [0.2, 0.25) is 5.91 Å². The predicted molar refractivity (Wildman–Crippen MR) is 91.0 cm³/mol. The highest BCUT2D eigenvalue weighted by Crippen LogP contribution is 2.16. The average Bonchev–Trinajstić information content (AvgIpc) is 3.13. The Bertz CT molecular complexity index is 805. The number of benzene rings is 1. The van der Waals surface area contributed by atoms with Crippen LogP contribution in [0.3, 0.4) is 0 Å². The molecule has 0 atom stereocenters. The van der Waals surface area contributed by atoms with Gasteiger partial charge in [0.1, 0.15) is 5.75 Å². The Morgan fingerprint density at radius 2 is 2.13 bits per heavy atom. The highest BCUT2D eigenvalue weighted by molar-refractivity contribution is 7.15. The Labute approximate surface area is 138 Å². The maximum Gasteiger partial charge on any atom is 0.220 e. The number of hydrogen-bond donors (Lipinski definition) is 1. The van der Waals surface area contributed by atoms with E-state index in [0.717, 1.165) is 27.7 Å². The van der Waals surface area contributed by atoms with Gasteiger partial charge in [-0.3, -0.25) is 9.20 Å². The fraction of sp³-hybridized carbons (Fsp3) is 0.294. The lowest BCUT2D eigenvalue weighted by Crippen LogP contribution is -2.23.